The summed E-state index contributed by atoms with van der Waals surface area (Å²) in [6, 6.07) is 37.0. The smallest absolute Gasteiger partial charge is 0.364 e. The summed E-state index contributed by atoms with van der Waals surface area (Å²) in [7, 11) is 0. The minimum atomic E-state index is -2.48. The highest BCUT2D eigenvalue weighted by atomic mass is 32.2. The van der Waals surface area contributed by atoms with Crippen LogP contribution in [0.1, 0.15) is 84.2 Å². The van der Waals surface area contributed by atoms with Gasteiger partial charge < -0.3 is 91.7 Å². The quantitative estimate of drug-likeness (QED) is 0.0256. The summed E-state index contributed by atoms with van der Waals surface area (Å²) >= 11 is 2.83. The number of amides is 6. The fraction of sp³-hybridized carbons (Fsp3) is 0.441. The van der Waals surface area contributed by atoms with Crippen molar-refractivity contribution in [3.8, 4) is 22.3 Å². The normalized spacial score (nSPS) is 22.0. The molecule has 5 aromatic rings. The molecule has 2 fully saturated rings. The summed E-state index contributed by atoms with van der Waals surface area (Å²) in [5.74, 6) is -9.27. The summed E-state index contributed by atoms with van der Waals surface area (Å²) in [5.41, 5.74) is 5.82. The van der Waals surface area contributed by atoms with Crippen molar-refractivity contribution >= 4 is 70.9 Å². The first-order chi connectivity index (χ1) is 46.0. The van der Waals surface area contributed by atoms with Gasteiger partial charge in [-0.15, -0.1) is 0 Å². The molecule has 12 atom stereocenters. The molecular weight excluding hydrogens is 1280 g/mol. The fourth-order valence-electron chi connectivity index (χ4n) is 10.8. The number of benzene rings is 5. The van der Waals surface area contributed by atoms with E-state index in [9.17, 15) is 79.2 Å². The second-order valence-corrected chi connectivity index (χ2v) is 25.6. The Morgan fingerprint density at radius 3 is 1.17 bits per heavy atom. The van der Waals surface area contributed by atoms with Crippen molar-refractivity contribution in [3.05, 3.63) is 156 Å². The highest BCUT2D eigenvalue weighted by molar-refractivity contribution is 7.99. The highest BCUT2D eigenvalue weighted by Crippen LogP contribution is 2.36. The van der Waals surface area contributed by atoms with E-state index in [1.54, 1.807) is 48.5 Å². The van der Waals surface area contributed by atoms with E-state index in [2.05, 4.69) is 31.9 Å². The molecule has 0 radical (unpaired) electrons. The molecular formula is C68H84N6O20S2. The van der Waals surface area contributed by atoms with E-state index in [-0.39, 0.29) is 62.1 Å². The lowest BCUT2D eigenvalue weighted by atomic mass is 9.88. The van der Waals surface area contributed by atoms with Gasteiger partial charge in [-0.1, -0.05) is 109 Å². The zero-order valence-corrected chi connectivity index (χ0v) is 54.7. The van der Waals surface area contributed by atoms with E-state index in [1.807, 2.05) is 84.9 Å². The van der Waals surface area contributed by atoms with Crippen LogP contribution in [0.4, 0.5) is 0 Å². The van der Waals surface area contributed by atoms with Crippen LogP contribution in [0.3, 0.4) is 0 Å². The van der Waals surface area contributed by atoms with Crippen LogP contribution in [0.5, 0.6) is 0 Å². The second-order valence-electron chi connectivity index (χ2n) is 23.2. The van der Waals surface area contributed by atoms with Crippen LogP contribution >= 0.6 is 23.5 Å². The van der Waals surface area contributed by atoms with Crippen molar-refractivity contribution in [3.63, 3.8) is 0 Å². The lowest BCUT2D eigenvalue weighted by Crippen LogP contribution is -2.68. The second kappa shape index (κ2) is 37.0. The van der Waals surface area contributed by atoms with Crippen LogP contribution in [-0.2, 0) is 60.8 Å². The maximum Gasteiger partial charge on any atom is 0.364 e. The summed E-state index contributed by atoms with van der Waals surface area (Å²) in [5, 5.41) is 103. The number of thioether (sulfide) groups is 2. The number of ether oxygens (including phenoxy) is 4. The molecule has 7 rings (SSSR count). The molecule has 2 aliphatic heterocycles. The Morgan fingerprint density at radius 1 is 0.490 bits per heavy atom. The third-order valence-corrected chi connectivity index (χ3v) is 18.1. The van der Waals surface area contributed by atoms with Gasteiger partial charge in [0.25, 0.3) is 23.4 Å². The van der Waals surface area contributed by atoms with Crippen LogP contribution in [0.15, 0.2) is 133 Å². The van der Waals surface area contributed by atoms with E-state index < -0.39 is 134 Å². The lowest BCUT2D eigenvalue weighted by Gasteiger charge is -2.46. The monoisotopic (exact) mass is 1370 g/mol. The molecule has 2 heterocycles. The van der Waals surface area contributed by atoms with E-state index in [0.29, 0.717) is 35.9 Å². The van der Waals surface area contributed by atoms with Crippen molar-refractivity contribution in [1.29, 1.82) is 0 Å². The van der Waals surface area contributed by atoms with Crippen LogP contribution in [0, 0.1) is 0 Å². The van der Waals surface area contributed by atoms with Gasteiger partial charge >= 0.3 is 11.9 Å². The molecule has 28 heteroatoms. The zero-order chi connectivity index (χ0) is 69.4. The van der Waals surface area contributed by atoms with E-state index in [4.69, 9.17) is 18.9 Å². The molecule has 2 aliphatic rings. The molecule has 518 valence electrons. The Hall–Kier alpha value is -7.84. The topological polar surface area (TPSA) is 408 Å². The van der Waals surface area contributed by atoms with Gasteiger partial charge in [0.15, 0.2) is 0 Å². The number of hydrogen-bond donors (Lipinski definition) is 14. The Morgan fingerprint density at radius 2 is 0.833 bits per heavy atom. The summed E-state index contributed by atoms with van der Waals surface area (Å²) in [6.07, 6.45) is -14.3. The number of rotatable bonds is 36. The van der Waals surface area contributed by atoms with E-state index >= 15 is 0 Å². The number of aliphatic hydroxyl groups excluding tert-OH is 6. The third-order valence-electron chi connectivity index (χ3n) is 15.9. The summed E-state index contributed by atoms with van der Waals surface area (Å²) < 4.78 is 23.2. The number of aliphatic hydroxyl groups is 6. The fourth-order valence-corrected chi connectivity index (χ4v) is 12.5. The van der Waals surface area contributed by atoms with Crippen LogP contribution in [-0.4, -0.2) is 210 Å². The molecule has 0 saturated carbocycles. The summed E-state index contributed by atoms with van der Waals surface area (Å²) in [4.78, 5) is 101. The molecule has 96 heavy (non-hydrogen) atoms. The molecule has 5 aromatic carbocycles. The van der Waals surface area contributed by atoms with Gasteiger partial charge in [0, 0.05) is 88.3 Å². The molecule has 0 aliphatic carbocycles. The number of carboxylic acid groups (broad SMARTS) is 2. The molecule has 0 unspecified atom stereocenters. The minimum Gasteiger partial charge on any atom is -0.477 e. The molecule has 0 bridgehead atoms. The first kappa shape index (κ1) is 75.5. The Labute approximate surface area is 563 Å². The Balaban J connectivity index is 0.751. The number of hydrogen-bond acceptors (Lipinski definition) is 20. The average Bonchev–Trinajstić information content (AvgIpc) is 0.778. The van der Waals surface area contributed by atoms with Gasteiger partial charge in [-0.3, -0.25) is 28.8 Å². The number of carboxylic acids is 2. The number of carbonyl (C=O) groups is 8. The zero-order valence-electron chi connectivity index (χ0n) is 53.1. The molecule has 14 N–H and O–H groups in total. The number of aliphatic carboxylic acids is 2. The molecule has 6 amide bonds. The SMILES string of the molecule is CC(=O)N[C@H]1[C@H]([C@H](O)[C@H](O)CNC(=O)c2ccc(-c3ccccc3)cc2)O[C@@](OCCCSCCC(=O)NCc2ccc(CNC(=O)CCSCCCO[C@]3(C(=O)O)C[C@H](O)[C@@H](NC(C)=O)[C@H]([C@H](O)[C@H](O)CNC(=O)c4ccc(-c5ccccc5)cc4)O3)cc2)(C(=O)O)C[C@@H]1O. The maximum atomic E-state index is 13.0. The van der Waals surface area contributed by atoms with Crippen molar-refractivity contribution in [2.75, 3.05) is 49.3 Å². The van der Waals surface area contributed by atoms with E-state index in [1.165, 1.54) is 23.5 Å². The third kappa shape index (κ3) is 22.1. The number of nitrogens with one attached hydrogen (secondary N) is 6. The predicted molar refractivity (Wildman–Crippen MR) is 355 cm³/mol. The predicted octanol–water partition coefficient (Wildman–Crippen LogP) is 2.49. The van der Waals surface area contributed by atoms with Crippen LogP contribution < -0.4 is 31.9 Å². The van der Waals surface area contributed by atoms with Crippen molar-refractivity contribution in [1.82, 2.24) is 31.9 Å². The molecule has 2 saturated heterocycles. The summed E-state index contributed by atoms with van der Waals surface area (Å²) in [6.45, 7) is 1.45. The van der Waals surface area contributed by atoms with Crippen LogP contribution in [0.2, 0.25) is 0 Å². The van der Waals surface area contributed by atoms with E-state index in [0.717, 1.165) is 47.2 Å². The van der Waals surface area contributed by atoms with Gasteiger partial charge in [0.05, 0.1) is 49.7 Å². The van der Waals surface area contributed by atoms with Crippen molar-refractivity contribution in [2.24, 2.45) is 0 Å². The first-order valence-corrected chi connectivity index (χ1v) is 33.7. The number of carbonyl (C=O) groups excluding carboxylic acids is 6. The molecule has 0 aromatic heterocycles. The van der Waals surface area contributed by atoms with Gasteiger partial charge in [-0.05, 0) is 82.0 Å². The molecule has 0 spiro atoms. The van der Waals surface area contributed by atoms with Gasteiger partial charge in [-0.2, -0.15) is 23.5 Å². The van der Waals surface area contributed by atoms with Gasteiger partial charge in [0.2, 0.25) is 23.6 Å². The maximum absolute atomic E-state index is 13.0. The highest BCUT2D eigenvalue weighted by Gasteiger charge is 2.57. The largest absolute Gasteiger partial charge is 0.477 e. The van der Waals surface area contributed by atoms with Gasteiger partial charge in [0.1, 0.15) is 24.4 Å². The van der Waals surface area contributed by atoms with Crippen LogP contribution in [0.25, 0.3) is 22.3 Å². The Bertz CT molecular complexity index is 3140. The first-order valence-electron chi connectivity index (χ1n) is 31.3. The van der Waals surface area contributed by atoms with Crippen molar-refractivity contribution in [2.45, 2.75) is 138 Å². The van der Waals surface area contributed by atoms with Crippen molar-refractivity contribution < 1.29 is 98.2 Å². The minimum absolute atomic E-state index is 0.175. The molecule has 26 nitrogen and oxygen atoms in total. The Kier molecular flexibility index (Phi) is 29.1. The van der Waals surface area contributed by atoms with Gasteiger partial charge in [-0.25, -0.2) is 9.59 Å². The average molecular weight is 1370 g/mol. The standard InChI is InChI=1S/C68H84N6O20S2/c1-41(75)73-57-51(77)35-67(65(87)88,93-61(57)59(83)53(79)39-71-63(85)49-23-19-47(20-24-49)45-11-5-3-6-12-45)91-29-9-31-95-33-27-55(81)69-37-43-15-17-44(18-16-43)38-70-56(82)28-34-96-32-10-30-92-68(66(89)90)36-52(78)58(74-42(2)76)62(94-68)60(84)54(80)40-72-64(86)50-25-21-48(22-26-50)46-13-7-4-8-14-46/h3-8,11-26,51-54,57-62,77-80,83-84H,9-10,27-40H2,1-2H3,(H,69,81)(H,70,82)(H,71,85)(H,72,86)(H,73,75)(H,74,76)(H,87,88)(H,89,90)/t51-,52-,53+,54+,57+,58+,59+,60+,61+,62+,67+,68+/m0/s1. The lowest BCUT2D eigenvalue weighted by molar-refractivity contribution is -0.310.